The van der Waals surface area contributed by atoms with Gasteiger partial charge in [0, 0.05) is 4.91 Å². The number of hydrogen-bond donors (Lipinski definition) is 2. The maximum absolute atomic E-state index is 11.9. The quantitative estimate of drug-likeness (QED) is 0.225. The molecule has 0 aromatic heterocycles. The first-order valence-corrected chi connectivity index (χ1v) is 12.1. The number of amides is 1. The van der Waals surface area contributed by atoms with Crippen LogP contribution < -0.4 is 5.32 Å². The molecule has 1 saturated heterocycles. The van der Waals surface area contributed by atoms with Crippen molar-refractivity contribution in [3.63, 3.8) is 0 Å². The van der Waals surface area contributed by atoms with E-state index in [1.54, 1.807) is 6.92 Å². The number of azide groups is 1. The number of halogens is 3. The third-order valence-corrected chi connectivity index (χ3v) is 9.76. The van der Waals surface area contributed by atoms with Gasteiger partial charge in [-0.3, -0.25) is 4.79 Å². The normalized spacial score (nSPS) is 30.5. The van der Waals surface area contributed by atoms with E-state index in [1.807, 2.05) is 13.1 Å². The summed E-state index contributed by atoms with van der Waals surface area (Å²) in [6, 6.07) is -2.00. The number of carbonyl (C=O) groups is 1. The van der Waals surface area contributed by atoms with Crippen LogP contribution in [0.3, 0.4) is 0 Å². The van der Waals surface area contributed by atoms with Crippen LogP contribution in [-0.2, 0) is 14.0 Å². The fourth-order valence-electron chi connectivity index (χ4n) is 2.21. The summed E-state index contributed by atoms with van der Waals surface area (Å²) in [4.78, 5) is 14.7. The summed E-state index contributed by atoms with van der Waals surface area (Å²) in [6.45, 7) is 11.8. The van der Waals surface area contributed by atoms with E-state index in [-0.39, 0.29) is 5.04 Å². The Kier molecular flexibility index (Phi) is 7.69. The SMILES string of the molecule is C[C@H]1O[C@@H](O[Si](C)(C)C(C)(C)C)[C@H](N=[N+]=[N-])[C@@H](O)[C@@H]1NC(=O)C(Cl)(Cl)Cl. The maximum atomic E-state index is 11.9. The molecule has 1 aliphatic heterocycles. The Labute approximate surface area is 169 Å². The predicted octanol–water partition coefficient (Wildman–Crippen LogP) is 3.65. The van der Waals surface area contributed by atoms with Gasteiger partial charge in [-0.15, -0.1) is 0 Å². The number of rotatable bonds is 4. The molecule has 12 heteroatoms. The second-order valence-corrected chi connectivity index (χ2v) is 14.8. The fourth-order valence-corrected chi connectivity index (χ4v) is 3.50. The van der Waals surface area contributed by atoms with E-state index in [9.17, 15) is 9.90 Å². The van der Waals surface area contributed by atoms with E-state index in [0.29, 0.717) is 0 Å². The first kappa shape index (κ1) is 23.8. The molecule has 0 aromatic rings. The first-order chi connectivity index (χ1) is 11.6. The molecule has 8 nitrogen and oxygen atoms in total. The fraction of sp³-hybridized carbons (Fsp3) is 0.929. The van der Waals surface area contributed by atoms with Gasteiger partial charge < -0.3 is 19.6 Å². The van der Waals surface area contributed by atoms with Crippen LogP contribution in [0.4, 0.5) is 0 Å². The number of alkyl halides is 3. The molecule has 26 heavy (non-hydrogen) atoms. The van der Waals surface area contributed by atoms with Crippen LogP contribution >= 0.6 is 34.8 Å². The number of nitrogens with zero attached hydrogens (tertiary/aromatic N) is 3. The molecule has 0 saturated carbocycles. The van der Waals surface area contributed by atoms with E-state index in [2.05, 4.69) is 36.1 Å². The third-order valence-electron chi connectivity index (χ3n) is 4.81. The van der Waals surface area contributed by atoms with Crippen LogP contribution in [0.25, 0.3) is 10.4 Å². The number of carbonyl (C=O) groups excluding carboxylic acids is 1. The van der Waals surface area contributed by atoms with Crippen LogP contribution in [0.2, 0.25) is 18.1 Å². The number of aliphatic hydroxyl groups is 1. The summed E-state index contributed by atoms with van der Waals surface area (Å²) < 4.78 is 9.80. The molecule has 0 aliphatic carbocycles. The minimum absolute atomic E-state index is 0.119. The van der Waals surface area contributed by atoms with Crippen LogP contribution in [-0.4, -0.2) is 53.7 Å². The number of ether oxygens (including phenoxy) is 1. The summed E-state index contributed by atoms with van der Waals surface area (Å²) >= 11 is 16.7. The Hall–Kier alpha value is -0.253. The molecule has 1 amide bonds. The average molecular weight is 448 g/mol. The van der Waals surface area contributed by atoms with Crippen molar-refractivity contribution in [3.8, 4) is 0 Å². The van der Waals surface area contributed by atoms with Gasteiger partial charge >= 0.3 is 0 Å². The van der Waals surface area contributed by atoms with Crippen molar-refractivity contribution in [1.29, 1.82) is 0 Å². The molecule has 5 atom stereocenters. The van der Waals surface area contributed by atoms with Gasteiger partial charge in [0.2, 0.25) is 0 Å². The van der Waals surface area contributed by atoms with Gasteiger partial charge in [-0.25, -0.2) is 0 Å². The zero-order valence-electron chi connectivity index (χ0n) is 15.5. The summed E-state index contributed by atoms with van der Waals surface area (Å²) in [5, 5.41) is 16.6. The molecule has 0 aromatic carbocycles. The van der Waals surface area contributed by atoms with Crippen LogP contribution in [0.5, 0.6) is 0 Å². The molecular weight excluding hydrogens is 423 g/mol. The maximum Gasteiger partial charge on any atom is 0.272 e. The van der Waals surface area contributed by atoms with E-state index in [1.165, 1.54) is 0 Å². The summed E-state index contributed by atoms with van der Waals surface area (Å²) in [5.41, 5.74) is 8.87. The lowest BCUT2D eigenvalue weighted by atomic mass is 9.95. The van der Waals surface area contributed by atoms with E-state index in [0.717, 1.165) is 0 Å². The van der Waals surface area contributed by atoms with E-state index >= 15 is 0 Å². The molecule has 1 heterocycles. The number of hydrogen-bond acceptors (Lipinski definition) is 5. The molecule has 0 spiro atoms. The van der Waals surface area contributed by atoms with Crippen molar-refractivity contribution in [2.45, 2.75) is 80.2 Å². The van der Waals surface area contributed by atoms with Crippen molar-refractivity contribution in [2.75, 3.05) is 0 Å². The predicted molar refractivity (Wildman–Crippen MR) is 104 cm³/mol. The van der Waals surface area contributed by atoms with Crippen LogP contribution in [0.15, 0.2) is 5.11 Å². The molecule has 1 rings (SSSR count). The highest BCUT2D eigenvalue weighted by Gasteiger charge is 2.49. The van der Waals surface area contributed by atoms with Crippen molar-refractivity contribution in [3.05, 3.63) is 10.4 Å². The molecule has 0 unspecified atom stereocenters. The molecule has 2 N–H and O–H groups in total. The van der Waals surface area contributed by atoms with Gasteiger partial charge in [0.1, 0.15) is 6.04 Å². The topological polar surface area (TPSA) is 117 Å². The second-order valence-electron chi connectivity index (χ2n) is 7.77. The van der Waals surface area contributed by atoms with Gasteiger partial charge in [0.15, 0.2) is 14.6 Å². The minimum Gasteiger partial charge on any atom is -0.392 e. The minimum atomic E-state index is -2.28. The van der Waals surface area contributed by atoms with E-state index < -0.39 is 48.6 Å². The van der Waals surface area contributed by atoms with Gasteiger partial charge in [-0.1, -0.05) is 60.7 Å². The monoisotopic (exact) mass is 446 g/mol. The van der Waals surface area contributed by atoms with Crippen molar-refractivity contribution in [2.24, 2.45) is 5.11 Å². The summed E-state index contributed by atoms with van der Waals surface area (Å²) in [6.07, 6.45) is -2.89. The highest BCUT2D eigenvalue weighted by Crippen LogP contribution is 2.39. The summed E-state index contributed by atoms with van der Waals surface area (Å²) in [7, 11) is -2.28. The Balaban J connectivity index is 3.07. The van der Waals surface area contributed by atoms with E-state index in [4.69, 9.17) is 49.5 Å². The van der Waals surface area contributed by atoms with Gasteiger partial charge in [0.05, 0.1) is 18.2 Å². The standard InChI is InChI=1S/C14H25Cl3N4O4Si/c1-7-8(19-12(23)14(15,16)17)10(22)9(20-21-18)11(24-7)25-26(5,6)13(2,3)4/h7-11,22H,1-6H3,(H,19,23)/t7-,8-,9-,10+,11+/m1/s1. The highest BCUT2D eigenvalue weighted by molar-refractivity contribution is 6.76. The largest absolute Gasteiger partial charge is 0.392 e. The Morgan fingerprint density at radius 3 is 2.31 bits per heavy atom. The lowest BCUT2D eigenvalue weighted by molar-refractivity contribution is -0.200. The molecule has 0 bridgehead atoms. The number of aliphatic hydroxyl groups excluding tert-OH is 1. The lowest BCUT2D eigenvalue weighted by Gasteiger charge is -2.47. The zero-order valence-corrected chi connectivity index (χ0v) is 18.8. The molecule has 1 fully saturated rings. The molecular formula is C14H25Cl3N4O4Si. The molecule has 150 valence electrons. The Morgan fingerprint density at radius 2 is 1.88 bits per heavy atom. The van der Waals surface area contributed by atoms with Crippen molar-refractivity contribution >= 4 is 49.0 Å². The summed E-state index contributed by atoms with van der Waals surface area (Å²) in [5.74, 6) is -0.912. The number of nitrogens with one attached hydrogen (secondary N) is 1. The molecule has 0 radical (unpaired) electrons. The zero-order chi connectivity index (χ0) is 20.5. The smallest absolute Gasteiger partial charge is 0.272 e. The van der Waals surface area contributed by atoms with Crippen LogP contribution in [0.1, 0.15) is 27.7 Å². The van der Waals surface area contributed by atoms with Gasteiger partial charge in [-0.05, 0) is 30.6 Å². The third kappa shape index (κ3) is 5.62. The Bertz CT molecular complexity index is 576. The average Bonchev–Trinajstić information content (AvgIpc) is 2.44. The lowest BCUT2D eigenvalue weighted by Crippen LogP contribution is -2.65. The highest BCUT2D eigenvalue weighted by atomic mass is 35.6. The van der Waals surface area contributed by atoms with Crippen LogP contribution in [0, 0.1) is 0 Å². The van der Waals surface area contributed by atoms with Crippen molar-refractivity contribution < 1.29 is 19.1 Å². The van der Waals surface area contributed by atoms with Gasteiger partial charge in [0.25, 0.3) is 9.70 Å². The Morgan fingerprint density at radius 1 is 1.35 bits per heavy atom. The second kappa shape index (κ2) is 8.41. The first-order valence-electron chi connectivity index (χ1n) is 8.05. The molecule has 1 aliphatic rings. The van der Waals surface area contributed by atoms with Gasteiger partial charge in [-0.2, -0.15) is 0 Å². The van der Waals surface area contributed by atoms with Crippen molar-refractivity contribution in [1.82, 2.24) is 5.32 Å².